The maximum atomic E-state index is 4.61. The summed E-state index contributed by atoms with van der Waals surface area (Å²) in [6, 6.07) is 18.0. The molecule has 0 atom stereocenters. The summed E-state index contributed by atoms with van der Waals surface area (Å²) in [4.78, 5) is 11.5. The van der Waals surface area contributed by atoms with Crippen LogP contribution in [-0.4, -0.2) is 42.2 Å². The third-order valence-corrected chi connectivity index (χ3v) is 5.94. The van der Waals surface area contributed by atoms with Gasteiger partial charge in [0.25, 0.3) is 0 Å². The fourth-order valence-electron chi connectivity index (χ4n) is 4.32. The van der Waals surface area contributed by atoms with Gasteiger partial charge in [0.2, 0.25) is 5.95 Å². The van der Waals surface area contributed by atoms with Crippen LogP contribution in [0.15, 0.2) is 60.9 Å². The van der Waals surface area contributed by atoms with Crippen LogP contribution in [0, 0.1) is 0 Å². The Morgan fingerprint density at radius 3 is 2.34 bits per heavy atom. The van der Waals surface area contributed by atoms with Gasteiger partial charge in [-0.2, -0.15) is 0 Å². The number of hydrogen-bond donors (Lipinski definition) is 2. The van der Waals surface area contributed by atoms with Crippen molar-refractivity contribution in [3.05, 3.63) is 77.6 Å². The second-order valence-electron chi connectivity index (χ2n) is 7.96. The Balaban J connectivity index is 1.23. The average Bonchev–Trinajstić information content (AvgIpc) is 3.22. The first-order valence-corrected chi connectivity index (χ1v) is 10.5. The summed E-state index contributed by atoms with van der Waals surface area (Å²) in [6.45, 7) is 4.79. The topological polar surface area (TPSA) is 53.1 Å². The highest BCUT2D eigenvalue weighted by atomic mass is 15.3. The lowest BCUT2D eigenvalue weighted by molar-refractivity contribution is 0.533. The van der Waals surface area contributed by atoms with Gasteiger partial charge in [0.1, 0.15) is 0 Å². The molecule has 0 radical (unpaired) electrons. The zero-order valence-electron chi connectivity index (χ0n) is 16.6. The second-order valence-corrected chi connectivity index (χ2v) is 7.96. The number of fused-ring (bicyclic) bond motifs is 1. The highest BCUT2D eigenvalue weighted by molar-refractivity contribution is 5.63. The number of piperazine rings is 1. The van der Waals surface area contributed by atoms with E-state index in [0.29, 0.717) is 6.04 Å². The number of hydrogen-bond acceptors (Lipinski definition) is 5. The predicted octanol–water partition coefficient (Wildman–Crippen LogP) is 2.81. The molecular weight excluding hydrogens is 358 g/mol. The van der Waals surface area contributed by atoms with E-state index < -0.39 is 0 Å². The van der Waals surface area contributed by atoms with Gasteiger partial charge >= 0.3 is 0 Å². The largest absolute Gasteiger partial charge is 0.338 e. The van der Waals surface area contributed by atoms with Crippen LogP contribution in [0.5, 0.6) is 0 Å². The van der Waals surface area contributed by atoms with Crippen molar-refractivity contribution in [1.82, 2.24) is 20.6 Å². The summed E-state index contributed by atoms with van der Waals surface area (Å²) < 4.78 is 0. The van der Waals surface area contributed by atoms with Crippen LogP contribution in [0.1, 0.15) is 16.7 Å². The van der Waals surface area contributed by atoms with Crippen molar-refractivity contribution >= 4 is 5.95 Å². The number of benzene rings is 2. The first-order chi connectivity index (χ1) is 14.3. The Kier molecular flexibility index (Phi) is 5.24. The Bertz CT molecular complexity index is 938. The molecule has 0 bridgehead atoms. The molecule has 1 saturated heterocycles. The van der Waals surface area contributed by atoms with Crippen molar-refractivity contribution in [2.45, 2.75) is 25.4 Å². The van der Waals surface area contributed by atoms with E-state index in [1.165, 1.54) is 22.3 Å². The molecule has 1 aliphatic heterocycles. The normalized spacial score (nSPS) is 16.8. The van der Waals surface area contributed by atoms with Crippen LogP contribution in [-0.2, 0) is 19.4 Å². The van der Waals surface area contributed by atoms with E-state index in [-0.39, 0.29) is 0 Å². The molecule has 0 spiro atoms. The highest BCUT2D eigenvalue weighted by Gasteiger charge is 2.20. The number of aromatic nitrogens is 2. The molecule has 1 fully saturated rings. The number of nitrogens with zero attached hydrogens (tertiary/aromatic N) is 3. The van der Waals surface area contributed by atoms with Gasteiger partial charge in [-0.05, 0) is 41.2 Å². The maximum Gasteiger partial charge on any atom is 0.225 e. The predicted molar refractivity (Wildman–Crippen MR) is 117 cm³/mol. The van der Waals surface area contributed by atoms with Crippen LogP contribution >= 0.6 is 0 Å². The molecule has 2 aliphatic rings. The minimum absolute atomic E-state index is 0.526. The molecule has 148 valence electrons. The fraction of sp³-hybridized carbons (Fsp3) is 0.333. The standard InChI is InChI=1S/C24H27N5/c1-2-6-21-14-23(13-20(21)5-1)26-15-18-4-3-7-19(12-18)22-16-27-24(28-17-22)29-10-8-25-9-11-29/h1-7,12,16-17,23,25-26H,8-11,13-15H2. The Hall–Kier alpha value is -2.76. The van der Waals surface area contributed by atoms with Crippen LogP contribution in [0.3, 0.4) is 0 Å². The summed E-state index contributed by atoms with van der Waals surface area (Å²) in [7, 11) is 0. The smallest absolute Gasteiger partial charge is 0.225 e. The minimum Gasteiger partial charge on any atom is -0.338 e. The lowest BCUT2D eigenvalue weighted by atomic mass is 10.1. The molecule has 0 saturated carbocycles. The van der Waals surface area contributed by atoms with Gasteiger partial charge in [-0.25, -0.2) is 9.97 Å². The van der Waals surface area contributed by atoms with Gasteiger partial charge in [-0.1, -0.05) is 42.5 Å². The van der Waals surface area contributed by atoms with Crippen molar-refractivity contribution in [2.24, 2.45) is 0 Å². The fourth-order valence-corrected chi connectivity index (χ4v) is 4.32. The second kappa shape index (κ2) is 8.31. The Labute approximate surface area is 172 Å². The molecule has 1 aromatic heterocycles. The number of nitrogens with one attached hydrogen (secondary N) is 2. The van der Waals surface area contributed by atoms with Crippen LogP contribution in [0.4, 0.5) is 5.95 Å². The van der Waals surface area contributed by atoms with Crippen molar-refractivity contribution < 1.29 is 0 Å². The molecule has 0 unspecified atom stereocenters. The zero-order chi connectivity index (χ0) is 19.5. The minimum atomic E-state index is 0.526. The van der Waals surface area contributed by atoms with Crippen molar-refractivity contribution in [1.29, 1.82) is 0 Å². The van der Waals surface area contributed by atoms with E-state index in [9.17, 15) is 0 Å². The van der Waals surface area contributed by atoms with Gasteiger partial charge in [-0.3, -0.25) is 0 Å². The quantitative estimate of drug-likeness (QED) is 0.707. The van der Waals surface area contributed by atoms with E-state index >= 15 is 0 Å². The number of rotatable bonds is 5. The molecule has 3 aromatic rings. The van der Waals surface area contributed by atoms with E-state index in [2.05, 4.69) is 74.0 Å². The first-order valence-electron chi connectivity index (χ1n) is 10.5. The van der Waals surface area contributed by atoms with E-state index in [0.717, 1.165) is 57.1 Å². The van der Waals surface area contributed by atoms with E-state index in [1.54, 1.807) is 0 Å². The highest BCUT2D eigenvalue weighted by Crippen LogP contribution is 2.23. The Morgan fingerprint density at radius 1 is 0.897 bits per heavy atom. The monoisotopic (exact) mass is 385 g/mol. The third kappa shape index (κ3) is 4.16. The lowest BCUT2D eigenvalue weighted by Crippen LogP contribution is -2.44. The van der Waals surface area contributed by atoms with E-state index in [1.807, 2.05) is 12.4 Å². The van der Waals surface area contributed by atoms with Crippen LogP contribution < -0.4 is 15.5 Å². The summed E-state index contributed by atoms with van der Waals surface area (Å²) in [5.74, 6) is 0.828. The summed E-state index contributed by atoms with van der Waals surface area (Å²) in [5, 5.41) is 7.09. The lowest BCUT2D eigenvalue weighted by Gasteiger charge is -2.27. The van der Waals surface area contributed by atoms with Crippen LogP contribution in [0.25, 0.3) is 11.1 Å². The summed E-state index contributed by atoms with van der Waals surface area (Å²) >= 11 is 0. The molecule has 5 rings (SSSR count). The van der Waals surface area contributed by atoms with Crippen LogP contribution in [0.2, 0.25) is 0 Å². The SMILES string of the molecule is c1cc(CNC2Cc3ccccc3C2)cc(-c2cnc(N3CCNCC3)nc2)c1. The summed E-state index contributed by atoms with van der Waals surface area (Å²) in [5.41, 5.74) is 6.51. The molecule has 1 aliphatic carbocycles. The molecular formula is C24H27N5. The van der Waals surface area contributed by atoms with Gasteiger partial charge in [0.15, 0.2) is 0 Å². The zero-order valence-corrected chi connectivity index (χ0v) is 16.6. The van der Waals surface area contributed by atoms with Crippen molar-refractivity contribution in [2.75, 3.05) is 31.1 Å². The van der Waals surface area contributed by atoms with Gasteiger partial charge in [0, 0.05) is 56.7 Å². The van der Waals surface area contributed by atoms with E-state index in [4.69, 9.17) is 0 Å². The molecule has 0 amide bonds. The molecule has 5 nitrogen and oxygen atoms in total. The van der Waals surface area contributed by atoms with Crippen molar-refractivity contribution in [3.63, 3.8) is 0 Å². The van der Waals surface area contributed by atoms with Crippen molar-refractivity contribution in [3.8, 4) is 11.1 Å². The molecule has 29 heavy (non-hydrogen) atoms. The molecule has 2 N–H and O–H groups in total. The first kappa shape index (κ1) is 18.3. The van der Waals surface area contributed by atoms with Gasteiger partial charge < -0.3 is 15.5 Å². The Morgan fingerprint density at radius 2 is 1.62 bits per heavy atom. The third-order valence-electron chi connectivity index (χ3n) is 5.94. The molecule has 5 heteroatoms. The van der Waals surface area contributed by atoms with Gasteiger partial charge in [0.05, 0.1) is 0 Å². The van der Waals surface area contributed by atoms with Gasteiger partial charge in [-0.15, -0.1) is 0 Å². The summed E-state index contributed by atoms with van der Waals surface area (Å²) in [6.07, 6.45) is 6.14. The number of anilines is 1. The molecule has 2 heterocycles. The molecule has 2 aromatic carbocycles. The maximum absolute atomic E-state index is 4.61. The average molecular weight is 386 g/mol.